The van der Waals surface area contributed by atoms with Gasteiger partial charge >= 0.3 is 0 Å². The largest absolute Gasteiger partial charge is 0.507 e. The first-order valence-corrected chi connectivity index (χ1v) is 6.58. The van der Waals surface area contributed by atoms with Gasteiger partial charge in [0.25, 0.3) is 5.91 Å². The van der Waals surface area contributed by atoms with Gasteiger partial charge in [-0.2, -0.15) is 0 Å². The Hall–Kier alpha value is -3.01. The van der Waals surface area contributed by atoms with Gasteiger partial charge in [0, 0.05) is 5.39 Å². The number of phenolic OH excluding ortho intramolecular Hbond substituents is 1. The zero-order chi connectivity index (χ0) is 14.7. The first-order valence-electron chi connectivity index (χ1n) is 6.58. The molecule has 3 aromatic carbocycles. The molecule has 3 rings (SSSR count). The minimum atomic E-state index is -0.388. The van der Waals surface area contributed by atoms with E-state index in [0.717, 1.165) is 16.5 Å². The van der Waals surface area contributed by atoms with Crippen molar-refractivity contribution in [2.45, 2.75) is 0 Å². The van der Waals surface area contributed by atoms with E-state index in [9.17, 15) is 9.90 Å². The minimum Gasteiger partial charge on any atom is -0.507 e. The molecule has 0 fully saturated rings. The van der Waals surface area contributed by atoms with Crippen LogP contribution in [0, 0.1) is 0 Å². The van der Waals surface area contributed by atoms with Gasteiger partial charge in [0.2, 0.25) is 0 Å². The van der Waals surface area contributed by atoms with E-state index >= 15 is 0 Å². The topological polar surface area (TPSA) is 61.4 Å². The van der Waals surface area contributed by atoms with E-state index in [0.29, 0.717) is 0 Å². The number of carbonyl (C=O) groups excluding carboxylic acids is 1. The molecule has 3 N–H and O–H groups in total. The molecule has 0 heterocycles. The van der Waals surface area contributed by atoms with Crippen LogP contribution < -0.4 is 10.9 Å². The van der Waals surface area contributed by atoms with Gasteiger partial charge in [0.1, 0.15) is 5.75 Å². The molecule has 4 nitrogen and oxygen atoms in total. The van der Waals surface area contributed by atoms with E-state index in [1.807, 2.05) is 42.5 Å². The molecule has 0 aliphatic carbocycles. The number of phenols is 1. The minimum absolute atomic E-state index is 0.0466. The third-order valence-corrected chi connectivity index (χ3v) is 3.25. The second-order valence-electron chi connectivity index (χ2n) is 4.62. The van der Waals surface area contributed by atoms with Crippen molar-refractivity contribution in [3.8, 4) is 5.75 Å². The Bertz CT molecular complexity index is 794. The van der Waals surface area contributed by atoms with E-state index < -0.39 is 0 Å². The summed E-state index contributed by atoms with van der Waals surface area (Å²) in [5.74, 6) is -0.434. The van der Waals surface area contributed by atoms with Crippen molar-refractivity contribution in [1.29, 1.82) is 0 Å². The van der Waals surface area contributed by atoms with Crippen LogP contribution in [-0.4, -0.2) is 11.0 Å². The number of amides is 1. The summed E-state index contributed by atoms with van der Waals surface area (Å²) in [6, 6.07) is 20.1. The van der Waals surface area contributed by atoms with Crippen molar-refractivity contribution in [3.05, 3.63) is 72.3 Å². The number of hydrazine groups is 1. The molecule has 0 aliphatic heterocycles. The zero-order valence-electron chi connectivity index (χ0n) is 11.2. The molecule has 3 aromatic rings. The van der Waals surface area contributed by atoms with E-state index in [2.05, 4.69) is 10.9 Å². The number of fused-ring (bicyclic) bond motifs is 1. The van der Waals surface area contributed by atoms with Crippen LogP contribution in [-0.2, 0) is 0 Å². The summed E-state index contributed by atoms with van der Waals surface area (Å²) in [4.78, 5) is 12.0. The number of nitrogens with one attached hydrogen (secondary N) is 2. The molecule has 21 heavy (non-hydrogen) atoms. The molecule has 0 saturated heterocycles. The zero-order valence-corrected chi connectivity index (χ0v) is 11.2. The molecule has 0 atom stereocenters. The van der Waals surface area contributed by atoms with Crippen molar-refractivity contribution in [2.75, 3.05) is 5.43 Å². The molecule has 0 unspecified atom stereocenters. The molecule has 0 bridgehead atoms. The fraction of sp³-hybridized carbons (Fsp3) is 0. The van der Waals surface area contributed by atoms with Crippen molar-refractivity contribution < 1.29 is 9.90 Å². The van der Waals surface area contributed by atoms with E-state index in [1.54, 1.807) is 18.2 Å². The fourth-order valence-electron chi connectivity index (χ4n) is 2.19. The van der Waals surface area contributed by atoms with Gasteiger partial charge in [-0.3, -0.25) is 15.6 Å². The fourth-order valence-corrected chi connectivity index (χ4v) is 2.19. The highest BCUT2D eigenvalue weighted by atomic mass is 16.3. The molecular weight excluding hydrogens is 264 g/mol. The maximum Gasteiger partial charge on any atom is 0.273 e. The van der Waals surface area contributed by atoms with Gasteiger partial charge in [-0.25, -0.2) is 0 Å². The molecule has 0 aliphatic rings. The Morgan fingerprint density at radius 2 is 1.57 bits per heavy atom. The highest BCUT2D eigenvalue weighted by Crippen LogP contribution is 2.22. The summed E-state index contributed by atoms with van der Waals surface area (Å²) in [5, 5.41) is 11.8. The lowest BCUT2D eigenvalue weighted by molar-refractivity contribution is 0.0960. The second kappa shape index (κ2) is 5.54. The van der Waals surface area contributed by atoms with Crippen LogP contribution in [0.5, 0.6) is 5.75 Å². The SMILES string of the molecule is O=C(NNc1cccc2ccccc12)c1ccccc1O. The Kier molecular flexibility index (Phi) is 3.43. The van der Waals surface area contributed by atoms with Crippen LogP contribution in [0.15, 0.2) is 66.7 Å². The number of aromatic hydroxyl groups is 1. The highest BCUT2D eigenvalue weighted by molar-refractivity contribution is 5.99. The predicted molar refractivity (Wildman–Crippen MR) is 83.1 cm³/mol. The second-order valence-corrected chi connectivity index (χ2v) is 4.62. The van der Waals surface area contributed by atoms with Crippen LogP contribution in [0.1, 0.15) is 10.4 Å². The predicted octanol–water partition coefficient (Wildman–Crippen LogP) is 3.30. The van der Waals surface area contributed by atoms with Gasteiger partial charge < -0.3 is 5.11 Å². The Labute approximate surface area is 122 Å². The quantitative estimate of drug-likeness (QED) is 0.644. The number of benzene rings is 3. The van der Waals surface area contributed by atoms with Crippen LogP contribution >= 0.6 is 0 Å². The van der Waals surface area contributed by atoms with Crippen LogP contribution in [0.25, 0.3) is 10.8 Å². The van der Waals surface area contributed by atoms with Crippen molar-refractivity contribution in [1.82, 2.24) is 5.43 Å². The molecular formula is C17H14N2O2. The summed E-state index contributed by atoms with van der Waals surface area (Å²) in [7, 11) is 0. The van der Waals surface area contributed by atoms with Crippen molar-refractivity contribution >= 4 is 22.4 Å². The number of para-hydroxylation sites is 1. The molecule has 104 valence electrons. The third kappa shape index (κ3) is 2.65. The number of hydrogen-bond acceptors (Lipinski definition) is 3. The lowest BCUT2D eigenvalue weighted by atomic mass is 10.1. The van der Waals surface area contributed by atoms with E-state index in [-0.39, 0.29) is 17.2 Å². The van der Waals surface area contributed by atoms with Crippen LogP contribution in [0.3, 0.4) is 0 Å². The van der Waals surface area contributed by atoms with Crippen LogP contribution in [0.4, 0.5) is 5.69 Å². The summed E-state index contributed by atoms with van der Waals surface area (Å²) < 4.78 is 0. The summed E-state index contributed by atoms with van der Waals surface area (Å²) in [6.45, 7) is 0. The van der Waals surface area contributed by atoms with Gasteiger partial charge in [-0.05, 0) is 23.6 Å². The maximum atomic E-state index is 12.0. The maximum absolute atomic E-state index is 12.0. The normalized spacial score (nSPS) is 10.3. The first-order chi connectivity index (χ1) is 10.3. The Morgan fingerprint density at radius 1 is 0.857 bits per heavy atom. The van der Waals surface area contributed by atoms with Gasteiger partial charge in [0.05, 0.1) is 11.3 Å². The lowest BCUT2D eigenvalue weighted by Crippen LogP contribution is -2.29. The van der Waals surface area contributed by atoms with E-state index in [1.165, 1.54) is 6.07 Å². The Balaban J connectivity index is 1.81. The number of hydrogen-bond donors (Lipinski definition) is 3. The van der Waals surface area contributed by atoms with Crippen molar-refractivity contribution in [2.24, 2.45) is 0 Å². The molecule has 1 amide bonds. The molecule has 0 aromatic heterocycles. The van der Waals surface area contributed by atoms with Crippen molar-refractivity contribution in [3.63, 3.8) is 0 Å². The van der Waals surface area contributed by atoms with Gasteiger partial charge in [-0.1, -0.05) is 48.5 Å². The molecule has 0 saturated carbocycles. The smallest absolute Gasteiger partial charge is 0.273 e. The Morgan fingerprint density at radius 3 is 2.43 bits per heavy atom. The molecule has 0 spiro atoms. The average molecular weight is 278 g/mol. The summed E-state index contributed by atoms with van der Waals surface area (Å²) in [6.07, 6.45) is 0. The molecule has 4 heteroatoms. The summed E-state index contributed by atoms with van der Waals surface area (Å²) >= 11 is 0. The monoisotopic (exact) mass is 278 g/mol. The van der Waals surface area contributed by atoms with Gasteiger partial charge in [-0.15, -0.1) is 0 Å². The van der Waals surface area contributed by atoms with E-state index in [4.69, 9.17) is 0 Å². The van der Waals surface area contributed by atoms with Gasteiger partial charge in [0.15, 0.2) is 0 Å². The van der Waals surface area contributed by atoms with Crippen LogP contribution in [0.2, 0.25) is 0 Å². The third-order valence-electron chi connectivity index (χ3n) is 3.25. The number of carbonyl (C=O) groups is 1. The number of anilines is 1. The number of rotatable bonds is 3. The first kappa shape index (κ1) is 13.0. The standard InChI is InChI=1S/C17H14N2O2/c20-16-11-4-3-9-14(16)17(21)19-18-15-10-5-7-12-6-1-2-8-13(12)15/h1-11,18,20H,(H,19,21). The highest BCUT2D eigenvalue weighted by Gasteiger charge is 2.09. The molecule has 0 radical (unpaired) electrons. The summed E-state index contributed by atoms with van der Waals surface area (Å²) in [5.41, 5.74) is 6.53. The lowest BCUT2D eigenvalue weighted by Gasteiger charge is -2.11. The average Bonchev–Trinajstić information content (AvgIpc) is 2.53.